The van der Waals surface area contributed by atoms with Gasteiger partial charge in [0, 0.05) is 22.9 Å². The third-order valence-corrected chi connectivity index (χ3v) is 3.61. The second kappa shape index (κ2) is 6.71. The summed E-state index contributed by atoms with van der Waals surface area (Å²) in [6, 6.07) is 13.8. The largest absolute Gasteiger partial charge is 0.496 e. The zero-order valence-corrected chi connectivity index (χ0v) is 13.2. The van der Waals surface area contributed by atoms with Crippen LogP contribution in [0.25, 0.3) is 0 Å². The first-order valence-corrected chi connectivity index (χ1v) is 7.27. The Bertz CT molecular complexity index is 620. The molecule has 3 heteroatoms. The number of ketones is 1. The Morgan fingerprint density at radius 2 is 1.95 bits per heavy atom. The van der Waals surface area contributed by atoms with Crippen molar-refractivity contribution in [2.75, 3.05) is 7.11 Å². The van der Waals surface area contributed by atoms with Crippen LogP contribution in [0.3, 0.4) is 0 Å². The molecule has 0 spiro atoms. The van der Waals surface area contributed by atoms with Crippen molar-refractivity contribution in [1.82, 2.24) is 0 Å². The average molecular weight is 333 g/mol. The fraction of sp³-hybridized carbons (Fsp3) is 0.235. The van der Waals surface area contributed by atoms with Crippen LogP contribution in [0.1, 0.15) is 16.7 Å². The molecule has 0 amide bonds. The number of halogens is 1. The summed E-state index contributed by atoms with van der Waals surface area (Å²) in [6.07, 6.45) is 0.841. The van der Waals surface area contributed by atoms with Gasteiger partial charge in [0.1, 0.15) is 11.5 Å². The second-order valence-electron chi connectivity index (χ2n) is 4.84. The Labute approximate surface area is 127 Å². The number of Topliss-reactive ketones (excluding diaryl/α,β-unsaturated/α-hetero) is 1. The van der Waals surface area contributed by atoms with Gasteiger partial charge in [-0.25, -0.2) is 0 Å². The molecule has 0 atom stereocenters. The number of aryl methyl sites for hydroxylation is 1. The molecule has 0 N–H and O–H groups in total. The minimum Gasteiger partial charge on any atom is -0.496 e. The van der Waals surface area contributed by atoms with Gasteiger partial charge in [0.15, 0.2) is 0 Å². The number of carbonyl (C=O) groups excluding carboxylic acids is 1. The zero-order chi connectivity index (χ0) is 14.5. The number of hydrogen-bond acceptors (Lipinski definition) is 2. The van der Waals surface area contributed by atoms with Gasteiger partial charge in [-0.3, -0.25) is 4.79 Å². The fourth-order valence-corrected chi connectivity index (χ4v) is 2.64. The molecular weight excluding hydrogens is 316 g/mol. The molecule has 0 aromatic heterocycles. The van der Waals surface area contributed by atoms with Crippen LogP contribution in [-0.4, -0.2) is 12.9 Å². The molecule has 0 heterocycles. The van der Waals surface area contributed by atoms with Crippen molar-refractivity contribution in [3.05, 3.63) is 63.6 Å². The topological polar surface area (TPSA) is 26.3 Å². The van der Waals surface area contributed by atoms with Gasteiger partial charge in [0.25, 0.3) is 0 Å². The molecule has 20 heavy (non-hydrogen) atoms. The SMILES string of the molecule is COc1ccc(C)cc1CC(=O)Cc1cccc(Br)c1. The molecule has 0 unspecified atom stereocenters. The van der Waals surface area contributed by atoms with E-state index in [4.69, 9.17) is 4.74 Å². The highest BCUT2D eigenvalue weighted by atomic mass is 79.9. The summed E-state index contributed by atoms with van der Waals surface area (Å²) in [5.41, 5.74) is 3.11. The maximum atomic E-state index is 12.2. The third-order valence-electron chi connectivity index (χ3n) is 3.11. The lowest BCUT2D eigenvalue weighted by Crippen LogP contribution is -2.08. The zero-order valence-electron chi connectivity index (χ0n) is 11.7. The van der Waals surface area contributed by atoms with Crippen molar-refractivity contribution >= 4 is 21.7 Å². The van der Waals surface area contributed by atoms with E-state index in [1.165, 1.54) is 0 Å². The lowest BCUT2D eigenvalue weighted by molar-refractivity contribution is -0.117. The van der Waals surface area contributed by atoms with Gasteiger partial charge in [0.2, 0.25) is 0 Å². The van der Waals surface area contributed by atoms with Crippen LogP contribution in [0, 0.1) is 6.92 Å². The minimum absolute atomic E-state index is 0.187. The highest BCUT2D eigenvalue weighted by Crippen LogP contribution is 2.21. The van der Waals surface area contributed by atoms with Gasteiger partial charge in [-0.15, -0.1) is 0 Å². The molecule has 2 aromatic rings. The highest BCUT2D eigenvalue weighted by Gasteiger charge is 2.10. The van der Waals surface area contributed by atoms with E-state index in [9.17, 15) is 4.79 Å². The number of benzene rings is 2. The summed E-state index contributed by atoms with van der Waals surface area (Å²) in [5, 5.41) is 0. The van der Waals surface area contributed by atoms with E-state index in [1.54, 1.807) is 7.11 Å². The fourth-order valence-electron chi connectivity index (χ4n) is 2.20. The number of ether oxygens (including phenoxy) is 1. The van der Waals surface area contributed by atoms with Crippen LogP contribution in [0.5, 0.6) is 5.75 Å². The van der Waals surface area contributed by atoms with E-state index >= 15 is 0 Å². The van der Waals surface area contributed by atoms with E-state index < -0.39 is 0 Å². The Balaban J connectivity index is 2.10. The third kappa shape index (κ3) is 3.94. The van der Waals surface area contributed by atoms with E-state index in [2.05, 4.69) is 15.9 Å². The molecule has 0 saturated heterocycles. The summed E-state index contributed by atoms with van der Waals surface area (Å²) < 4.78 is 6.31. The predicted molar refractivity (Wildman–Crippen MR) is 84.3 cm³/mol. The lowest BCUT2D eigenvalue weighted by atomic mass is 10.0. The minimum atomic E-state index is 0.187. The van der Waals surface area contributed by atoms with Crippen molar-refractivity contribution in [1.29, 1.82) is 0 Å². The molecule has 2 rings (SSSR count). The molecule has 0 bridgehead atoms. The van der Waals surface area contributed by atoms with Crippen LogP contribution in [0.2, 0.25) is 0 Å². The van der Waals surface area contributed by atoms with Gasteiger partial charge >= 0.3 is 0 Å². The van der Waals surface area contributed by atoms with Gasteiger partial charge in [-0.05, 0) is 30.7 Å². The molecule has 0 radical (unpaired) electrons. The second-order valence-corrected chi connectivity index (χ2v) is 5.75. The Morgan fingerprint density at radius 3 is 2.65 bits per heavy atom. The van der Waals surface area contributed by atoms with Gasteiger partial charge < -0.3 is 4.74 Å². The summed E-state index contributed by atoms with van der Waals surface area (Å²) in [7, 11) is 1.63. The van der Waals surface area contributed by atoms with E-state index in [0.717, 1.165) is 26.9 Å². The summed E-state index contributed by atoms with van der Waals surface area (Å²) >= 11 is 3.42. The molecule has 0 aliphatic heterocycles. The first kappa shape index (κ1) is 14.8. The van der Waals surface area contributed by atoms with Crippen LogP contribution >= 0.6 is 15.9 Å². The van der Waals surface area contributed by atoms with Crippen LogP contribution in [0.4, 0.5) is 0 Å². The van der Waals surface area contributed by atoms with Crippen molar-refractivity contribution in [3.63, 3.8) is 0 Å². The van der Waals surface area contributed by atoms with Crippen LogP contribution in [0.15, 0.2) is 46.9 Å². The molecule has 2 nitrogen and oxygen atoms in total. The molecule has 2 aromatic carbocycles. The molecular formula is C17H17BrO2. The monoisotopic (exact) mass is 332 g/mol. The highest BCUT2D eigenvalue weighted by molar-refractivity contribution is 9.10. The van der Waals surface area contributed by atoms with E-state index in [-0.39, 0.29) is 5.78 Å². The van der Waals surface area contributed by atoms with Gasteiger partial charge in [0.05, 0.1) is 7.11 Å². The van der Waals surface area contributed by atoms with Crippen molar-refractivity contribution in [3.8, 4) is 5.75 Å². The quantitative estimate of drug-likeness (QED) is 0.823. The van der Waals surface area contributed by atoms with E-state index in [1.807, 2.05) is 49.4 Å². The van der Waals surface area contributed by atoms with Crippen molar-refractivity contribution in [2.45, 2.75) is 19.8 Å². The summed E-state index contributed by atoms with van der Waals surface area (Å²) in [5.74, 6) is 0.963. The van der Waals surface area contributed by atoms with Crippen molar-refractivity contribution in [2.24, 2.45) is 0 Å². The predicted octanol–water partition coefficient (Wildman–Crippen LogP) is 4.12. The smallest absolute Gasteiger partial charge is 0.141 e. The van der Waals surface area contributed by atoms with Crippen molar-refractivity contribution < 1.29 is 9.53 Å². The number of carbonyl (C=O) groups is 1. The first-order valence-electron chi connectivity index (χ1n) is 6.48. The average Bonchev–Trinajstić information content (AvgIpc) is 2.38. The number of methoxy groups -OCH3 is 1. The van der Waals surface area contributed by atoms with Crippen LogP contribution < -0.4 is 4.74 Å². The Hall–Kier alpha value is -1.61. The normalized spacial score (nSPS) is 10.3. The summed E-state index contributed by atoms with van der Waals surface area (Å²) in [6.45, 7) is 2.02. The Kier molecular flexibility index (Phi) is 4.96. The van der Waals surface area contributed by atoms with Gasteiger partial charge in [-0.1, -0.05) is 45.8 Å². The molecule has 0 aliphatic rings. The number of rotatable bonds is 5. The maximum Gasteiger partial charge on any atom is 0.141 e. The standard InChI is InChI=1S/C17H17BrO2/c1-12-6-7-17(20-2)14(8-12)11-16(19)10-13-4-3-5-15(18)9-13/h3-9H,10-11H2,1-2H3. The van der Waals surface area contributed by atoms with E-state index in [0.29, 0.717) is 12.8 Å². The maximum absolute atomic E-state index is 12.2. The molecule has 0 aliphatic carbocycles. The molecule has 104 valence electrons. The van der Waals surface area contributed by atoms with Gasteiger partial charge in [-0.2, -0.15) is 0 Å². The number of hydrogen-bond donors (Lipinski definition) is 0. The molecule has 0 fully saturated rings. The molecule has 0 saturated carbocycles. The lowest BCUT2D eigenvalue weighted by Gasteiger charge is -2.09. The Morgan fingerprint density at radius 1 is 1.15 bits per heavy atom. The summed E-state index contributed by atoms with van der Waals surface area (Å²) in [4.78, 5) is 12.2. The first-order chi connectivity index (χ1) is 9.58. The van der Waals surface area contributed by atoms with Crippen LogP contribution in [-0.2, 0) is 17.6 Å².